The van der Waals surface area contributed by atoms with Crippen molar-refractivity contribution < 1.29 is 18.0 Å². The molecule has 0 heterocycles. The Kier molecular flexibility index (Phi) is 5.97. The number of hydrogen-bond donors (Lipinski definition) is 0. The van der Waals surface area contributed by atoms with Crippen molar-refractivity contribution >= 4 is 8.80 Å². The van der Waals surface area contributed by atoms with Gasteiger partial charge in [0.05, 0.1) is 6.10 Å². The lowest BCUT2D eigenvalue weighted by molar-refractivity contribution is -0.0159. The molecule has 0 spiro atoms. The van der Waals surface area contributed by atoms with Gasteiger partial charge in [0.2, 0.25) is 0 Å². The summed E-state index contributed by atoms with van der Waals surface area (Å²) in [5, 5.41) is 0. The lowest BCUT2D eigenvalue weighted by atomic mass is 10.2. The van der Waals surface area contributed by atoms with E-state index in [1.165, 1.54) is 0 Å². The third-order valence-electron chi connectivity index (χ3n) is 2.69. The third kappa shape index (κ3) is 3.40. The van der Waals surface area contributed by atoms with Crippen LogP contribution >= 0.6 is 0 Å². The van der Waals surface area contributed by atoms with Crippen LogP contribution in [0, 0.1) is 0 Å². The molecule has 0 N–H and O–H groups in total. The molecule has 0 saturated carbocycles. The van der Waals surface area contributed by atoms with Crippen LogP contribution in [-0.2, 0) is 18.0 Å². The first-order valence-electron chi connectivity index (χ1n) is 5.95. The van der Waals surface area contributed by atoms with Crippen LogP contribution in [-0.4, -0.2) is 36.2 Å². The second-order valence-electron chi connectivity index (χ2n) is 4.19. The highest BCUT2D eigenvalue weighted by Crippen LogP contribution is 2.31. The summed E-state index contributed by atoms with van der Waals surface area (Å²) in [6, 6.07) is 9.88. The SMILES string of the molecule is CO[Si](OC)(OC)C(OC(C)C)c1ccccc1. The van der Waals surface area contributed by atoms with Crippen LogP contribution in [0.2, 0.25) is 0 Å². The van der Waals surface area contributed by atoms with Gasteiger partial charge in [0.25, 0.3) is 0 Å². The third-order valence-corrected chi connectivity index (χ3v) is 5.50. The molecule has 0 bridgehead atoms. The van der Waals surface area contributed by atoms with Crippen LogP contribution in [0.25, 0.3) is 0 Å². The van der Waals surface area contributed by atoms with Gasteiger partial charge in [0.15, 0.2) is 5.73 Å². The molecule has 0 aliphatic carbocycles. The molecule has 0 aliphatic rings. The van der Waals surface area contributed by atoms with E-state index in [1.807, 2.05) is 44.2 Å². The largest absolute Gasteiger partial charge is 0.535 e. The fourth-order valence-electron chi connectivity index (χ4n) is 1.84. The maximum absolute atomic E-state index is 5.96. The Morgan fingerprint density at radius 2 is 1.39 bits per heavy atom. The average molecular weight is 270 g/mol. The molecule has 4 nitrogen and oxygen atoms in total. The predicted molar refractivity (Wildman–Crippen MR) is 72.2 cm³/mol. The summed E-state index contributed by atoms with van der Waals surface area (Å²) in [6.45, 7) is 3.96. The number of benzene rings is 1. The van der Waals surface area contributed by atoms with Crippen molar-refractivity contribution in [1.82, 2.24) is 0 Å². The van der Waals surface area contributed by atoms with Gasteiger partial charge in [0, 0.05) is 21.3 Å². The van der Waals surface area contributed by atoms with E-state index in [1.54, 1.807) is 21.3 Å². The van der Waals surface area contributed by atoms with E-state index < -0.39 is 8.80 Å². The Bertz CT molecular complexity index is 330. The topological polar surface area (TPSA) is 36.9 Å². The molecule has 1 aromatic rings. The molecule has 1 rings (SSSR count). The van der Waals surface area contributed by atoms with E-state index in [4.69, 9.17) is 18.0 Å². The first kappa shape index (κ1) is 15.3. The first-order valence-corrected chi connectivity index (χ1v) is 7.75. The molecule has 1 aromatic carbocycles. The number of hydrogen-bond acceptors (Lipinski definition) is 4. The van der Waals surface area contributed by atoms with Gasteiger partial charge in [-0.2, -0.15) is 0 Å². The van der Waals surface area contributed by atoms with Crippen molar-refractivity contribution in [2.24, 2.45) is 0 Å². The minimum atomic E-state index is -2.87. The summed E-state index contributed by atoms with van der Waals surface area (Å²) in [7, 11) is 1.92. The molecule has 0 aromatic heterocycles. The van der Waals surface area contributed by atoms with Crippen molar-refractivity contribution in [3.63, 3.8) is 0 Å². The van der Waals surface area contributed by atoms with E-state index in [0.717, 1.165) is 5.56 Å². The number of rotatable bonds is 7. The zero-order valence-corrected chi connectivity index (χ0v) is 12.7. The van der Waals surface area contributed by atoms with E-state index in [9.17, 15) is 0 Å². The molecule has 0 radical (unpaired) electrons. The molecule has 0 saturated heterocycles. The van der Waals surface area contributed by atoms with Gasteiger partial charge in [-0.3, -0.25) is 0 Å². The summed E-state index contributed by atoms with van der Waals surface area (Å²) >= 11 is 0. The Balaban J connectivity index is 3.11. The predicted octanol–water partition coefficient (Wildman–Crippen LogP) is 2.57. The Morgan fingerprint density at radius 3 is 1.78 bits per heavy atom. The smallest absolute Gasteiger partial charge is 0.375 e. The molecule has 0 amide bonds. The lowest BCUT2D eigenvalue weighted by Gasteiger charge is -2.33. The monoisotopic (exact) mass is 270 g/mol. The van der Waals surface area contributed by atoms with Gasteiger partial charge in [0.1, 0.15) is 0 Å². The quantitative estimate of drug-likeness (QED) is 0.714. The summed E-state index contributed by atoms with van der Waals surface area (Å²) in [5.41, 5.74) is 0.683. The van der Waals surface area contributed by atoms with Gasteiger partial charge in [-0.1, -0.05) is 30.3 Å². The molecule has 1 unspecified atom stereocenters. The maximum atomic E-state index is 5.96. The van der Waals surface area contributed by atoms with Crippen LogP contribution in [0.5, 0.6) is 0 Å². The van der Waals surface area contributed by atoms with Gasteiger partial charge >= 0.3 is 8.80 Å². The van der Waals surface area contributed by atoms with Crippen molar-refractivity contribution in [1.29, 1.82) is 0 Å². The molecule has 102 valence electrons. The standard InChI is InChI=1S/C13H22O4Si/c1-11(2)17-13(12-9-7-6-8-10-12)18(14-3,15-4)16-5/h6-11,13H,1-5H3. The molecular formula is C13H22O4Si. The van der Waals surface area contributed by atoms with E-state index in [2.05, 4.69) is 0 Å². The normalized spacial score (nSPS) is 13.9. The van der Waals surface area contributed by atoms with Crippen LogP contribution in [0.3, 0.4) is 0 Å². The van der Waals surface area contributed by atoms with Crippen molar-refractivity contribution in [3.8, 4) is 0 Å². The van der Waals surface area contributed by atoms with Crippen molar-refractivity contribution in [3.05, 3.63) is 35.9 Å². The minimum absolute atomic E-state index is 0.0579. The average Bonchev–Trinajstić information content (AvgIpc) is 2.40. The highest BCUT2D eigenvalue weighted by atomic mass is 28.4. The summed E-state index contributed by atoms with van der Waals surface area (Å²) in [5.74, 6) is 0. The molecule has 5 heteroatoms. The Morgan fingerprint density at radius 1 is 0.889 bits per heavy atom. The molecular weight excluding hydrogens is 248 g/mol. The molecule has 1 atom stereocenters. The lowest BCUT2D eigenvalue weighted by Crippen LogP contribution is -2.51. The Labute approximate surface area is 110 Å². The van der Waals surface area contributed by atoms with E-state index >= 15 is 0 Å². The second-order valence-corrected chi connectivity index (χ2v) is 7.15. The fraction of sp³-hybridized carbons (Fsp3) is 0.538. The van der Waals surface area contributed by atoms with Crippen LogP contribution in [0.4, 0.5) is 0 Å². The summed E-state index contributed by atoms with van der Waals surface area (Å²) in [6.07, 6.45) is 0.0579. The van der Waals surface area contributed by atoms with Crippen molar-refractivity contribution in [2.75, 3.05) is 21.3 Å². The zero-order chi connectivity index (χ0) is 13.6. The van der Waals surface area contributed by atoms with E-state index in [-0.39, 0.29) is 11.8 Å². The van der Waals surface area contributed by atoms with E-state index in [0.29, 0.717) is 0 Å². The summed E-state index contributed by atoms with van der Waals surface area (Å²) < 4.78 is 22.5. The Hall–Kier alpha value is -0.723. The van der Waals surface area contributed by atoms with Gasteiger partial charge < -0.3 is 18.0 Å². The highest BCUT2D eigenvalue weighted by Gasteiger charge is 2.50. The minimum Gasteiger partial charge on any atom is -0.375 e. The van der Waals surface area contributed by atoms with Crippen LogP contribution < -0.4 is 0 Å². The first-order chi connectivity index (χ1) is 8.59. The second kappa shape index (κ2) is 7.01. The van der Waals surface area contributed by atoms with Gasteiger partial charge in [-0.25, -0.2) is 0 Å². The van der Waals surface area contributed by atoms with Crippen LogP contribution in [0.1, 0.15) is 25.1 Å². The number of ether oxygens (including phenoxy) is 1. The highest BCUT2D eigenvalue weighted by molar-refractivity contribution is 6.61. The van der Waals surface area contributed by atoms with Crippen LogP contribution in [0.15, 0.2) is 30.3 Å². The summed E-state index contributed by atoms with van der Waals surface area (Å²) in [4.78, 5) is 0. The molecule has 18 heavy (non-hydrogen) atoms. The van der Waals surface area contributed by atoms with Crippen molar-refractivity contribution in [2.45, 2.75) is 25.7 Å². The molecule has 0 fully saturated rings. The van der Waals surface area contributed by atoms with Gasteiger partial charge in [-0.05, 0) is 19.4 Å². The fourth-order valence-corrected chi connectivity index (χ4v) is 4.02. The van der Waals surface area contributed by atoms with Gasteiger partial charge in [-0.15, -0.1) is 0 Å². The maximum Gasteiger partial charge on any atom is 0.535 e. The molecule has 0 aliphatic heterocycles. The zero-order valence-electron chi connectivity index (χ0n) is 11.7.